The van der Waals surface area contributed by atoms with Gasteiger partial charge in [-0.05, 0) is 29.8 Å². The second-order valence-electron chi connectivity index (χ2n) is 7.48. The molecule has 0 spiro atoms. The van der Waals surface area contributed by atoms with Crippen molar-refractivity contribution < 1.29 is 28.4 Å². The lowest BCUT2D eigenvalue weighted by atomic mass is 10.0. The normalized spacial score (nSPS) is 11.4. The molecule has 0 unspecified atom stereocenters. The number of rotatable bonds is 8. The van der Waals surface area contributed by atoms with E-state index in [0.29, 0.717) is 22.6 Å². The van der Waals surface area contributed by atoms with Crippen molar-refractivity contribution in [1.29, 1.82) is 0 Å². The van der Waals surface area contributed by atoms with Gasteiger partial charge in [0.15, 0.2) is 0 Å². The molecule has 180 valence electrons. The SMILES string of the molecule is C=CC(=O)N(C)c1cncc(-c2cnc3c(c2)c(-c2ccnc(OC)c2)cn3COP(=O)(O)O)c1. The van der Waals surface area contributed by atoms with E-state index in [0.717, 1.165) is 22.3 Å². The summed E-state index contributed by atoms with van der Waals surface area (Å²) in [6, 6.07) is 7.22. The number of nitrogens with zero attached hydrogens (tertiary/aromatic N) is 5. The molecule has 0 atom stereocenters. The summed E-state index contributed by atoms with van der Waals surface area (Å²) in [5.41, 5.74) is 3.97. The van der Waals surface area contributed by atoms with Gasteiger partial charge in [-0.25, -0.2) is 14.5 Å². The predicted molar refractivity (Wildman–Crippen MR) is 129 cm³/mol. The maximum absolute atomic E-state index is 12.0. The number of phosphoric acid groups is 1. The first-order valence-electron chi connectivity index (χ1n) is 10.2. The van der Waals surface area contributed by atoms with E-state index < -0.39 is 14.6 Å². The number of aromatic nitrogens is 4. The van der Waals surface area contributed by atoms with Crippen molar-refractivity contribution in [2.24, 2.45) is 0 Å². The number of hydrogen-bond donors (Lipinski definition) is 2. The zero-order chi connectivity index (χ0) is 25.2. The fraction of sp³-hybridized carbons (Fsp3) is 0.130. The fourth-order valence-corrected chi connectivity index (χ4v) is 3.79. The van der Waals surface area contributed by atoms with Crippen molar-refractivity contribution in [3.05, 3.63) is 67.9 Å². The molecule has 4 aromatic rings. The fourth-order valence-electron chi connectivity index (χ4n) is 3.52. The van der Waals surface area contributed by atoms with Gasteiger partial charge in [-0.15, -0.1) is 0 Å². The van der Waals surface area contributed by atoms with E-state index in [9.17, 15) is 9.36 Å². The van der Waals surface area contributed by atoms with Crippen molar-refractivity contribution in [3.8, 4) is 28.1 Å². The van der Waals surface area contributed by atoms with E-state index in [1.54, 1.807) is 56.2 Å². The highest BCUT2D eigenvalue weighted by molar-refractivity contribution is 7.46. The number of hydrogen-bond acceptors (Lipinski definition) is 7. The van der Waals surface area contributed by atoms with E-state index in [1.807, 2.05) is 6.07 Å². The Labute approximate surface area is 200 Å². The van der Waals surface area contributed by atoms with Crippen LogP contribution in [-0.2, 0) is 20.6 Å². The van der Waals surface area contributed by atoms with Gasteiger partial charge in [0.1, 0.15) is 12.4 Å². The van der Waals surface area contributed by atoms with Gasteiger partial charge in [-0.3, -0.25) is 14.3 Å². The summed E-state index contributed by atoms with van der Waals surface area (Å²) in [5.74, 6) is 0.138. The Morgan fingerprint density at radius 1 is 1.17 bits per heavy atom. The standard InChI is InChI=1S/C23H22N5O6P/c1-4-22(29)27(2)18-7-16(10-24-12-18)17-8-19-20(15-5-6-25-21(9-15)33-3)13-28(23(19)26-11-17)14-34-35(30,31)32/h4-13H,1,14H2,2-3H3,(H2,30,31,32). The molecule has 0 aliphatic rings. The van der Waals surface area contributed by atoms with Gasteiger partial charge in [-0.1, -0.05) is 6.58 Å². The topological polar surface area (TPSA) is 140 Å². The van der Waals surface area contributed by atoms with Gasteiger partial charge in [0.25, 0.3) is 0 Å². The molecule has 0 aromatic carbocycles. The Balaban J connectivity index is 1.84. The molecule has 2 N–H and O–H groups in total. The number of pyridine rings is 3. The molecule has 0 fully saturated rings. The van der Waals surface area contributed by atoms with Crippen LogP contribution in [0.4, 0.5) is 5.69 Å². The quantitative estimate of drug-likeness (QED) is 0.278. The van der Waals surface area contributed by atoms with Crippen molar-refractivity contribution >= 4 is 30.5 Å². The largest absolute Gasteiger partial charge is 0.481 e. The van der Waals surface area contributed by atoms with Crippen LogP contribution in [0.25, 0.3) is 33.3 Å². The van der Waals surface area contributed by atoms with Gasteiger partial charge in [0.2, 0.25) is 11.8 Å². The smallest absolute Gasteiger partial charge is 0.471 e. The third-order valence-electron chi connectivity index (χ3n) is 5.28. The second-order valence-corrected chi connectivity index (χ2v) is 8.72. The summed E-state index contributed by atoms with van der Waals surface area (Å²) in [7, 11) is -1.56. The molecule has 11 nitrogen and oxygen atoms in total. The number of phosphoric ester groups is 1. The van der Waals surface area contributed by atoms with Gasteiger partial charge in [0.05, 0.1) is 19.0 Å². The number of anilines is 1. The van der Waals surface area contributed by atoms with E-state index in [2.05, 4.69) is 21.5 Å². The van der Waals surface area contributed by atoms with Crippen LogP contribution in [0.2, 0.25) is 0 Å². The van der Waals surface area contributed by atoms with Crippen LogP contribution in [0.15, 0.2) is 67.9 Å². The maximum atomic E-state index is 12.0. The Bertz CT molecular complexity index is 1460. The van der Waals surface area contributed by atoms with Crippen LogP contribution in [0, 0.1) is 0 Å². The van der Waals surface area contributed by atoms with Crippen LogP contribution in [-0.4, -0.2) is 49.4 Å². The van der Waals surface area contributed by atoms with Gasteiger partial charge in [0, 0.05) is 60.0 Å². The Morgan fingerprint density at radius 3 is 2.66 bits per heavy atom. The summed E-state index contributed by atoms with van der Waals surface area (Å²) < 4.78 is 22.7. The molecular formula is C23H22N5O6P. The van der Waals surface area contributed by atoms with Gasteiger partial charge >= 0.3 is 7.82 Å². The molecule has 1 amide bonds. The molecule has 4 rings (SSSR count). The van der Waals surface area contributed by atoms with Crippen molar-refractivity contribution in [1.82, 2.24) is 19.5 Å². The van der Waals surface area contributed by atoms with Crippen LogP contribution < -0.4 is 9.64 Å². The molecular weight excluding hydrogens is 473 g/mol. The number of ether oxygens (including phenoxy) is 1. The second kappa shape index (κ2) is 9.77. The molecule has 12 heteroatoms. The number of carbonyl (C=O) groups excluding carboxylic acids is 1. The first-order chi connectivity index (χ1) is 16.7. The Kier molecular flexibility index (Phi) is 6.77. The average Bonchev–Trinajstić information content (AvgIpc) is 3.24. The number of methoxy groups -OCH3 is 1. The summed E-state index contributed by atoms with van der Waals surface area (Å²) in [5, 5.41) is 0.700. The van der Waals surface area contributed by atoms with Crippen molar-refractivity contribution in [3.63, 3.8) is 0 Å². The van der Waals surface area contributed by atoms with E-state index in [4.69, 9.17) is 19.0 Å². The zero-order valence-corrected chi connectivity index (χ0v) is 19.8. The lowest BCUT2D eigenvalue weighted by Crippen LogP contribution is -2.23. The van der Waals surface area contributed by atoms with Crippen LogP contribution in [0.1, 0.15) is 0 Å². The number of likely N-dealkylation sites (N-methyl/N-ethyl adjacent to an activating group) is 1. The maximum Gasteiger partial charge on any atom is 0.471 e. The highest BCUT2D eigenvalue weighted by Crippen LogP contribution is 2.38. The minimum atomic E-state index is -4.69. The summed E-state index contributed by atoms with van der Waals surface area (Å²) in [6.07, 6.45) is 9.35. The van der Waals surface area contributed by atoms with Crippen molar-refractivity contribution in [2.45, 2.75) is 6.73 Å². The molecule has 0 saturated carbocycles. The third-order valence-corrected chi connectivity index (χ3v) is 5.74. The zero-order valence-electron chi connectivity index (χ0n) is 18.9. The van der Waals surface area contributed by atoms with E-state index in [-0.39, 0.29) is 5.91 Å². The van der Waals surface area contributed by atoms with E-state index >= 15 is 0 Å². The van der Waals surface area contributed by atoms with Gasteiger partial charge in [-0.2, -0.15) is 0 Å². The van der Waals surface area contributed by atoms with Crippen LogP contribution in [0.3, 0.4) is 0 Å². The molecule has 4 heterocycles. The molecule has 0 aliphatic carbocycles. The van der Waals surface area contributed by atoms with Crippen LogP contribution >= 0.6 is 7.82 Å². The number of fused-ring (bicyclic) bond motifs is 1. The number of amides is 1. The first kappa shape index (κ1) is 24.2. The minimum Gasteiger partial charge on any atom is -0.481 e. The third kappa shape index (κ3) is 5.28. The monoisotopic (exact) mass is 495 g/mol. The van der Waals surface area contributed by atoms with Crippen molar-refractivity contribution in [2.75, 3.05) is 19.1 Å². The molecule has 0 radical (unpaired) electrons. The first-order valence-corrected chi connectivity index (χ1v) is 11.8. The Morgan fingerprint density at radius 2 is 1.94 bits per heavy atom. The average molecular weight is 495 g/mol. The predicted octanol–water partition coefficient (Wildman–Crippen LogP) is 3.38. The van der Waals surface area contributed by atoms with Crippen LogP contribution in [0.5, 0.6) is 5.88 Å². The van der Waals surface area contributed by atoms with Gasteiger partial charge < -0.3 is 24.0 Å². The lowest BCUT2D eigenvalue weighted by Gasteiger charge is -2.15. The van der Waals surface area contributed by atoms with E-state index in [1.165, 1.54) is 22.7 Å². The molecule has 35 heavy (non-hydrogen) atoms. The number of carbonyl (C=O) groups is 1. The highest BCUT2D eigenvalue weighted by atomic mass is 31.2. The summed E-state index contributed by atoms with van der Waals surface area (Å²) in [4.78, 5) is 44.7. The molecule has 0 aliphatic heterocycles. The highest BCUT2D eigenvalue weighted by Gasteiger charge is 2.18. The summed E-state index contributed by atoms with van der Waals surface area (Å²) >= 11 is 0. The molecule has 0 bridgehead atoms. The lowest BCUT2D eigenvalue weighted by molar-refractivity contribution is -0.113. The minimum absolute atomic E-state index is 0.270. The molecule has 4 aromatic heterocycles. The summed E-state index contributed by atoms with van der Waals surface area (Å²) in [6.45, 7) is 3.11. The molecule has 0 saturated heterocycles. The Hall–Kier alpha value is -3.89.